The predicted octanol–water partition coefficient (Wildman–Crippen LogP) is 3.30. The number of amides is 2. The minimum Gasteiger partial charge on any atom is -0.357 e. The molecule has 0 radical (unpaired) electrons. The van der Waals surface area contributed by atoms with Crippen LogP contribution in [0.5, 0.6) is 0 Å². The lowest BCUT2D eigenvalue weighted by Crippen LogP contribution is -2.53. The van der Waals surface area contributed by atoms with Crippen LogP contribution in [0, 0.1) is 5.41 Å². The first-order chi connectivity index (χ1) is 17.4. The average Bonchev–Trinajstić information content (AvgIpc) is 3.26. The van der Waals surface area contributed by atoms with Gasteiger partial charge in [0.25, 0.3) is 5.91 Å². The molecule has 0 saturated carbocycles. The summed E-state index contributed by atoms with van der Waals surface area (Å²) in [5.41, 5.74) is 0.787. The molecular weight excluding hydrogens is 514 g/mol. The summed E-state index contributed by atoms with van der Waals surface area (Å²) in [4.78, 5) is 30.9. The Labute approximate surface area is 221 Å². The van der Waals surface area contributed by atoms with Crippen molar-refractivity contribution >= 4 is 33.4 Å². The van der Waals surface area contributed by atoms with E-state index in [0.717, 1.165) is 5.56 Å². The van der Waals surface area contributed by atoms with Crippen molar-refractivity contribution in [2.24, 2.45) is 5.41 Å². The second kappa shape index (κ2) is 10.3. The van der Waals surface area contributed by atoms with E-state index < -0.39 is 27.4 Å². The van der Waals surface area contributed by atoms with Gasteiger partial charge in [-0.25, -0.2) is 13.4 Å². The van der Waals surface area contributed by atoms with Gasteiger partial charge in [0.15, 0.2) is 5.69 Å². The van der Waals surface area contributed by atoms with Gasteiger partial charge in [-0.1, -0.05) is 62.7 Å². The Bertz CT molecular complexity index is 1410. The maximum Gasteiger partial charge on any atom is 0.272 e. The Balaban J connectivity index is 1.76. The number of aromatic nitrogens is 2. The summed E-state index contributed by atoms with van der Waals surface area (Å²) in [6.07, 6.45) is 0. The molecule has 0 saturated heterocycles. The van der Waals surface area contributed by atoms with E-state index in [0.29, 0.717) is 23.1 Å². The van der Waals surface area contributed by atoms with Crippen molar-refractivity contribution in [3.05, 3.63) is 71.0 Å². The monoisotopic (exact) mass is 543 g/mol. The molecule has 0 bridgehead atoms. The zero-order valence-corrected chi connectivity index (χ0v) is 22.7. The van der Waals surface area contributed by atoms with Crippen LogP contribution in [-0.2, 0) is 27.9 Å². The zero-order chi connectivity index (χ0) is 27.0. The van der Waals surface area contributed by atoms with Crippen molar-refractivity contribution in [2.45, 2.75) is 44.8 Å². The van der Waals surface area contributed by atoms with Crippen LogP contribution in [0.3, 0.4) is 0 Å². The Morgan fingerprint density at radius 1 is 1.03 bits per heavy atom. The normalized spacial score (nSPS) is 15.1. The minimum absolute atomic E-state index is 0.0479. The first-order valence-electron chi connectivity index (χ1n) is 11.9. The molecule has 1 aromatic heterocycles. The van der Waals surface area contributed by atoms with Crippen molar-refractivity contribution in [1.82, 2.24) is 24.5 Å². The van der Waals surface area contributed by atoms with E-state index in [1.54, 1.807) is 0 Å². The molecule has 4 rings (SSSR count). The van der Waals surface area contributed by atoms with E-state index >= 15 is 0 Å². The van der Waals surface area contributed by atoms with Crippen molar-refractivity contribution in [3.63, 3.8) is 0 Å². The minimum atomic E-state index is -3.85. The fourth-order valence-electron chi connectivity index (χ4n) is 4.31. The number of halogens is 1. The number of carbonyl (C=O) groups is 2. The summed E-state index contributed by atoms with van der Waals surface area (Å²) in [5, 5.41) is 5.85. The maximum absolute atomic E-state index is 13.6. The third-order valence-electron chi connectivity index (χ3n) is 6.32. The van der Waals surface area contributed by atoms with Gasteiger partial charge in [-0.05, 0) is 29.7 Å². The summed E-state index contributed by atoms with van der Waals surface area (Å²) in [7, 11) is -2.33. The highest BCUT2D eigenvalue weighted by Gasteiger charge is 2.37. The molecule has 1 aliphatic heterocycles. The van der Waals surface area contributed by atoms with Crippen LogP contribution < -0.4 is 10.6 Å². The smallest absolute Gasteiger partial charge is 0.272 e. The zero-order valence-electron chi connectivity index (χ0n) is 21.2. The molecule has 196 valence electrons. The largest absolute Gasteiger partial charge is 0.357 e. The van der Waals surface area contributed by atoms with Crippen LogP contribution in [0.4, 0.5) is 0 Å². The number of nitrogens with zero attached hydrogens (tertiary/aromatic N) is 3. The predicted molar refractivity (Wildman–Crippen MR) is 141 cm³/mol. The molecule has 1 aliphatic rings. The molecule has 2 N–H and O–H groups in total. The first kappa shape index (κ1) is 26.8. The topological polar surface area (TPSA) is 113 Å². The number of fused-ring (bicyclic) bond motifs is 1. The van der Waals surface area contributed by atoms with E-state index in [1.165, 1.54) is 35.6 Å². The van der Waals surface area contributed by atoms with Crippen molar-refractivity contribution in [1.29, 1.82) is 0 Å². The lowest BCUT2D eigenvalue weighted by Gasteiger charge is -2.30. The Kier molecular flexibility index (Phi) is 7.45. The molecule has 3 aromatic rings. The lowest BCUT2D eigenvalue weighted by atomic mass is 9.86. The highest BCUT2D eigenvalue weighted by atomic mass is 35.5. The molecule has 2 amide bonds. The molecule has 2 heterocycles. The SMILES string of the molecule is CNC(=O)C(NC(=O)c1nc(-c2ccccc2)n2c1CN(S(=O)(=O)c1ccc(Cl)cc1)CC2)C(C)(C)C. The molecule has 9 nitrogen and oxygen atoms in total. The number of rotatable bonds is 6. The number of imidazole rings is 1. The number of benzene rings is 2. The number of likely N-dealkylation sites (N-methyl/N-ethyl adjacent to an activating group) is 1. The van der Waals surface area contributed by atoms with E-state index in [4.69, 9.17) is 11.6 Å². The van der Waals surface area contributed by atoms with Crippen LogP contribution in [-0.4, -0.2) is 53.7 Å². The highest BCUT2D eigenvalue weighted by molar-refractivity contribution is 7.89. The van der Waals surface area contributed by atoms with Crippen molar-refractivity contribution in [2.75, 3.05) is 13.6 Å². The van der Waals surface area contributed by atoms with Gasteiger partial charge in [-0.15, -0.1) is 0 Å². The van der Waals surface area contributed by atoms with E-state index in [-0.39, 0.29) is 29.6 Å². The van der Waals surface area contributed by atoms with Gasteiger partial charge in [-0.3, -0.25) is 9.59 Å². The quantitative estimate of drug-likeness (QED) is 0.495. The Morgan fingerprint density at radius 2 is 1.68 bits per heavy atom. The van der Waals surface area contributed by atoms with Gasteiger partial charge >= 0.3 is 0 Å². The van der Waals surface area contributed by atoms with Crippen LogP contribution >= 0.6 is 11.6 Å². The van der Waals surface area contributed by atoms with Crippen molar-refractivity contribution in [3.8, 4) is 11.4 Å². The molecule has 0 fully saturated rings. The highest BCUT2D eigenvalue weighted by Crippen LogP contribution is 2.30. The second-order valence-corrected chi connectivity index (χ2v) is 12.3. The summed E-state index contributed by atoms with van der Waals surface area (Å²) in [5.74, 6) is -0.305. The van der Waals surface area contributed by atoms with Crippen LogP contribution in [0.25, 0.3) is 11.4 Å². The van der Waals surface area contributed by atoms with Crippen molar-refractivity contribution < 1.29 is 18.0 Å². The summed E-state index contributed by atoms with van der Waals surface area (Å²) in [6.45, 7) is 6.03. The van der Waals surface area contributed by atoms with Gasteiger partial charge in [0.1, 0.15) is 11.9 Å². The number of sulfonamides is 1. The molecule has 2 aromatic carbocycles. The van der Waals surface area contributed by atoms with E-state index in [1.807, 2.05) is 55.7 Å². The molecule has 0 aliphatic carbocycles. The molecule has 11 heteroatoms. The van der Waals surface area contributed by atoms with Gasteiger partial charge in [0, 0.05) is 30.7 Å². The van der Waals surface area contributed by atoms with E-state index in [2.05, 4.69) is 15.6 Å². The number of hydrogen-bond acceptors (Lipinski definition) is 5. The summed E-state index contributed by atoms with van der Waals surface area (Å²) < 4.78 is 30.0. The van der Waals surface area contributed by atoms with Gasteiger partial charge < -0.3 is 15.2 Å². The van der Waals surface area contributed by atoms with Crippen LogP contribution in [0.15, 0.2) is 59.5 Å². The Hall–Kier alpha value is -3.21. The molecule has 1 unspecified atom stereocenters. The third kappa shape index (κ3) is 5.41. The molecule has 0 spiro atoms. The Morgan fingerprint density at radius 3 is 2.27 bits per heavy atom. The fourth-order valence-corrected chi connectivity index (χ4v) is 5.83. The van der Waals surface area contributed by atoms with E-state index in [9.17, 15) is 18.0 Å². The summed E-state index contributed by atoms with van der Waals surface area (Å²) in [6, 6.07) is 14.6. The average molecular weight is 544 g/mol. The first-order valence-corrected chi connectivity index (χ1v) is 13.7. The number of nitrogens with one attached hydrogen (secondary N) is 2. The maximum atomic E-state index is 13.6. The number of carbonyl (C=O) groups excluding carboxylic acids is 2. The lowest BCUT2D eigenvalue weighted by molar-refractivity contribution is -0.124. The van der Waals surface area contributed by atoms with Gasteiger partial charge in [-0.2, -0.15) is 4.31 Å². The number of hydrogen-bond donors (Lipinski definition) is 2. The standard InChI is InChI=1S/C26H30ClN5O4S/c1-26(2,3)22(25(34)28-4)30-24(33)21-20-16-31(37(35,36)19-12-10-18(27)11-13-19)14-15-32(20)23(29-21)17-8-6-5-7-9-17/h5-13,22H,14-16H2,1-4H3,(H,28,34)(H,30,33). The van der Waals surface area contributed by atoms with Gasteiger partial charge in [0.05, 0.1) is 17.1 Å². The molecule has 37 heavy (non-hydrogen) atoms. The fraction of sp³-hybridized carbons (Fsp3) is 0.346. The third-order valence-corrected chi connectivity index (χ3v) is 8.43. The second-order valence-electron chi connectivity index (χ2n) is 9.93. The molecule has 1 atom stereocenters. The van der Waals surface area contributed by atoms with Crippen LogP contribution in [0.1, 0.15) is 37.0 Å². The van der Waals surface area contributed by atoms with Crippen LogP contribution in [0.2, 0.25) is 5.02 Å². The van der Waals surface area contributed by atoms with Gasteiger partial charge in [0.2, 0.25) is 15.9 Å². The summed E-state index contributed by atoms with van der Waals surface area (Å²) >= 11 is 5.94. The molecular formula is C26H30ClN5O4S.